The molecular formula is C48H48N4O2. The van der Waals surface area contributed by atoms with Gasteiger partial charge in [-0.1, -0.05) is 89.4 Å². The number of ether oxygens (including phenoxy) is 2. The number of nitriles is 2. The Hall–Kier alpha value is -5.72. The van der Waals surface area contributed by atoms with E-state index in [4.69, 9.17) is 9.47 Å². The molecule has 0 unspecified atom stereocenters. The van der Waals surface area contributed by atoms with Crippen molar-refractivity contribution in [3.8, 4) is 23.6 Å². The monoisotopic (exact) mass is 712 g/mol. The number of benzene rings is 4. The topological polar surface area (TPSA) is 72.5 Å². The Morgan fingerprint density at radius 1 is 0.648 bits per heavy atom. The van der Waals surface area contributed by atoms with Crippen molar-refractivity contribution in [1.82, 2.24) is 0 Å². The quantitative estimate of drug-likeness (QED) is 0.185. The van der Waals surface area contributed by atoms with Crippen LogP contribution in [-0.4, -0.2) is 40.4 Å². The first-order chi connectivity index (χ1) is 25.9. The van der Waals surface area contributed by atoms with Crippen LogP contribution in [0.5, 0.6) is 11.5 Å². The SMILES string of the molecule is C=C1CCN2CCC(C)(C)c3c(OC)c(C=Cc4ccc5c(C#N)c(C=Cc6cc7c8c(c6OC)C(=C)CCN8CCC7(C)C)ccc5c4C#N)cc1c32. The lowest BCUT2D eigenvalue weighted by atomic mass is 9.73. The third-order valence-corrected chi connectivity index (χ3v) is 12.5. The molecule has 0 aromatic heterocycles. The number of methoxy groups -OCH3 is 2. The number of anilines is 2. The molecule has 4 heterocycles. The van der Waals surface area contributed by atoms with Gasteiger partial charge in [-0.3, -0.25) is 0 Å². The molecule has 4 aromatic carbocycles. The highest BCUT2D eigenvalue weighted by Crippen LogP contribution is 2.53. The van der Waals surface area contributed by atoms with Crippen molar-refractivity contribution in [2.24, 2.45) is 0 Å². The fourth-order valence-corrected chi connectivity index (χ4v) is 9.32. The molecule has 4 aliphatic heterocycles. The molecule has 8 rings (SSSR count). The molecule has 4 aliphatic rings. The van der Waals surface area contributed by atoms with Gasteiger partial charge in [-0.15, -0.1) is 0 Å². The lowest BCUT2D eigenvalue weighted by Crippen LogP contribution is -2.40. The van der Waals surface area contributed by atoms with Crippen molar-refractivity contribution in [2.75, 3.05) is 50.2 Å². The lowest BCUT2D eigenvalue weighted by Gasteiger charge is -2.45. The molecule has 0 radical (unpaired) electrons. The van der Waals surface area contributed by atoms with Gasteiger partial charge < -0.3 is 19.3 Å². The zero-order chi connectivity index (χ0) is 38.1. The van der Waals surface area contributed by atoms with Crippen LogP contribution in [0, 0.1) is 22.7 Å². The van der Waals surface area contributed by atoms with Gasteiger partial charge in [-0.05, 0) is 76.5 Å². The van der Waals surface area contributed by atoms with Gasteiger partial charge in [-0.25, -0.2) is 0 Å². The molecule has 0 aliphatic carbocycles. The van der Waals surface area contributed by atoms with E-state index in [0.29, 0.717) is 11.1 Å². The smallest absolute Gasteiger partial charge is 0.135 e. The number of fused-ring (bicyclic) bond motifs is 1. The van der Waals surface area contributed by atoms with Gasteiger partial charge >= 0.3 is 0 Å². The summed E-state index contributed by atoms with van der Waals surface area (Å²) in [6, 6.07) is 17.2. The van der Waals surface area contributed by atoms with E-state index >= 15 is 0 Å². The van der Waals surface area contributed by atoms with Crippen LogP contribution in [-0.2, 0) is 10.8 Å². The number of hydrogen-bond acceptors (Lipinski definition) is 6. The third-order valence-electron chi connectivity index (χ3n) is 12.5. The second kappa shape index (κ2) is 13.0. The van der Waals surface area contributed by atoms with E-state index in [1.54, 1.807) is 14.2 Å². The number of nitrogens with zero attached hydrogens (tertiary/aromatic N) is 4. The Kier molecular flexibility index (Phi) is 8.50. The van der Waals surface area contributed by atoms with Crippen LogP contribution in [0.1, 0.15) is 109 Å². The number of rotatable bonds is 6. The van der Waals surface area contributed by atoms with Gasteiger partial charge in [0.2, 0.25) is 0 Å². The summed E-state index contributed by atoms with van der Waals surface area (Å²) >= 11 is 0. The van der Waals surface area contributed by atoms with Gasteiger partial charge in [0.25, 0.3) is 0 Å². The van der Waals surface area contributed by atoms with Crippen LogP contribution in [0.2, 0.25) is 0 Å². The maximum atomic E-state index is 10.5. The largest absolute Gasteiger partial charge is 0.496 e. The average molecular weight is 713 g/mol. The zero-order valence-corrected chi connectivity index (χ0v) is 32.4. The molecule has 0 fully saturated rings. The molecule has 6 nitrogen and oxygen atoms in total. The molecule has 0 amide bonds. The first kappa shape index (κ1) is 35.3. The van der Waals surface area contributed by atoms with Crippen molar-refractivity contribution in [3.63, 3.8) is 0 Å². The molecule has 0 saturated carbocycles. The van der Waals surface area contributed by atoms with E-state index in [0.717, 1.165) is 113 Å². The maximum Gasteiger partial charge on any atom is 0.135 e. The van der Waals surface area contributed by atoms with E-state index in [-0.39, 0.29) is 10.8 Å². The zero-order valence-electron chi connectivity index (χ0n) is 32.4. The van der Waals surface area contributed by atoms with Crippen molar-refractivity contribution in [1.29, 1.82) is 10.5 Å². The normalized spacial score (nSPS) is 18.1. The van der Waals surface area contributed by atoms with Gasteiger partial charge in [0, 0.05) is 64.8 Å². The molecular weight excluding hydrogens is 665 g/mol. The van der Waals surface area contributed by atoms with E-state index in [1.165, 1.54) is 28.1 Å². The molecule has 6 heteroatoms. The van der Waals surface area contributed by atoms with Crippen molar-refractivity contribution >= 4 is 57.6 Å². The van der Waals surface area contributed by atoms with Crippen molar-refractivity contribution in [3.05, 3.63) is 105 Å². The maximum absolute atomic E-state index is 10.5. The minimum atomic E-state index is -0.0537. The summed E-state index contributed by atoms with van der Waals surface area (Å²) in [6.07, 6.45) is 12.1. The Bertz CT molecular complexity index is 2370. The summed E-state index contributed by atoms with van der Waals surface area (Å²) in [5, 5.41) is 22.5. The van der Waals surface area contributed by atoms with Crippen LogP contribution in [0.25, 0.3) is 46.2 Å². The van der Waals surface area contributed by atoms with Gasteiger partial charge in [0.1, 0.15) is 23.6 Å². The number of hydrogen-bond donors (Lipinski definition) is 0. The summed E-state index contributed by atoms with van der Waals surface area (Å²) < 4.78 is 12.2. The molecule has 0 spiro atoms. The summed E-state index contributed by atoms with van der Waals surface area (Å²) in [4.78, 5) is 4.97. The standard InChI is InChI=1S/C48H48N4O2/c1-29-17-21-51-24-20-48(5,6)42-43(51)37(29)25-33(46(42)54-8)11-9-31-13-15-36-35(38(31)27-49)16-14-32(39(36)28-50)10-12-34-26-40-44-41(45(34)53-7)30(2)18-22-52(44)23-19-47(40,3)4/h9-16,25-26H,1-2,17-24H2,3-8H3. The first-order valence-electron chi connectivity index (χ1n) is 19.1. The van der Waals surface area contributed by atoms with Crippen LogP contribution in [0.15, 0.2) is 49.6 Å². The summed E-state index contributed by atoms with van der Waals surface area (Å²) in [5.74, 6) is 1.70. The van der Waals surface area contributed by atoms with Crippen LogP contribution in [0.3, 0.4) is 0 Å². The second-order valence-corrected chi connectivity index (χ2v) is 16.5. The molecule has 4 aromatic rings. The van der Waals surface area contributed by atoms with E-state index in [2.05, 4.69) is 87.1 Å². The van der Waals surface area contributed by atoms with Crippen LogP contribution < -0.4 is 19.3 Å². The van der Waals surface area contributed by atoms with Gasteiger partial charge in [0.05, 0.1) is 36.7 Å². The van der Waals surface area contributed by atoms with Crippen LogP contribution >= 0.6 is 0 Å². The van der Waals surface area contributed by atoms with E-state index in [9.17, 15) is 10.5 Å². The van der Waals surface area contributed by atoms with Crippen molar-refractivity contribution < 1.29 is 9.47 Å². The molecule has 0 bridgehead atoms. The van der Waals surface area contributed by atoms with Gasteiger partial charge in [-0.2, -0.15) is 10.5 Å². The minimum absolute atomic E-state index is 0.0154. The van der Waals surface area contributed by atoms with Gasteiger partial charge in [0.15, 0.2) is 0 Å². The molecule has 54 heavy (non-hydrogen) atoms. The molecule has 272 valence electrons. The summed E-state index contributed by atoms with van der Waals surface area (Å²) in [6.45, 7) is 22.1. The Morgan fingerprint density at radius 3 is 1.74 bits per heavy atom. The third kappa shape index (κ3) is 5.42. The lowest BCUT2D eigenvalue weighted by molar-refractivity contribution is 0.376. The minimum Gasteiger partial charge on any atom is -0.496 e. The van der Waals surface area contributed by atoms with Crippen LogP contribution in [0.4, 0.5) is 11.4 Å². The highest BCUT2D eigenvalue weighted by atomic mass is 16.5. The summed E-state index contributed by atoms with van der Waals surface area (Å²) in [5.41, 5.74) is 14.1. The Balaban J connectivity index is 1.20. The summed E-state index contributed by atoms with van der Waals surface area (Å²) in [7, 11) is 3.47. The Labute approximate surface area is 319 Å². The van der Waals surface area contributed by atoms with Crippen molar-refractivity contribution in [2.45, 2.75) is 64.2 Å². The first-order valence-corrected chi connectivity index (χ1v) is 19.1. The fraction of sp³-hybridized carbons (Fsp3) is 0.333. The highest BCUT2D eigenvalue weighted by Gasteiger charge is 2.40. The second-order valence-electron chi connectivity index (χ2n) is 16.5. The Morgan fingerprint density at radius 2 is 1.17 bits per heavy atom. The molecule has 0 N–H and O–H groups in total. The molecule has 0 atom stereocenters. The highest BCUT2D eigenvalue weighted by molar-refractivity contribution is 5.99. The van der Waals surface area contributed by atoms with E-state index < -0.39 is 0 Å². The molecule has 0 saturated heterocycles. The predicted octanol–water partition coefficient (Wildman–Crippen LogP) is 10.8. The van der Waals surface area contributed by atoms with E-state index in [1.807, 2.05) is 36.4 Å². The average Bonchev–Trinajstić information content (AvgIpc) is 3.16. The fourth-order valence-electron chi connectivity index (χ4n) is 9.32. The predicted molar refractivity (Wildman–Crippen MR) is 224 cm³/mol.